The highest BCUT2D eigenvalue weighted by molar-refractivity contribution is 7.89. The van der Waals surface area contributed by atoms with Gasteiger partial charge in [0.15, 0.2) is 0 Å². The molecule has 0 aromatic rings. The Kier molecular flexibility index (Phi) is 4.64. The van der Waals surface area contributed by atoms with E-state index in [-0.39, 0.29) is 5.25 Å². The fourth-order valence-corrected chi connectivity index (χ4v) is 4.62. The number of nitrogens with one attached hydrogen (secondary N) is 1. The number of piperidine rings is 1. The van der Waals surface area contributed by atoms with Crippen molar-refractivity contribution in [3.63, 3.8) is 0 Å². The van der Waals surface area contributed by atoms with Gasteiger partial charge in [-0.3, -0.25) is 0 Å². The highest BCUT2D eigenvalue weighted by atomic mass is 32.2. The van der Waals surface area contributed by atoms with Gasteiger partial charge in [-0.05, 0) is 45.8 Å². The number of hydrogen-bond acceptors (Lipinski definition) is 4. The van der Waals surface area contributed by atoms with E-state index >= 15 is 0 Å². The highest BCUT2D eigenvalue weighted by Gasteiger charge is 2.33. The van der Waals surface area contributed by atoms with Crippen LogP contribution in [0.2, 0.25) is 0 Å². The van der Waals surface area contributed by atoms with Crippen LogP contribution in [-0.4, -0.2) is 69.2 Å². The predicted octanol–water partition coefficient (Wildman–Crippen LogP) is 0.0942. The highest BCUT2D eigenvalue weighted by Crippen LogP contribution is 2.20. The minimum absolute atomic E-state index is 0.233. The van der Waals surface area contributed by atoms with Gasteiger partial charge in [0, 0.05) is 26.2 Å². The Morgan fingerprint density at radius 3 is 2.67 bits per heavy atom. The first kappa shape index (κ1) is 14.2. The third-order valence-corrected chi connectivity index (χ3v) is 6.51. The van der Waals surface area contributed by atoms with Crippen LogP contribution in [-0.2, 0) is 10.0 Å². The zero-order valence-corrected chi connectivity index (χ0v) is 12.2. The predicted molar refractivity (Wildman–Crippen MR) is 73.1 cm³/mol. The second-order valence-corrected chi connectivity index (χ2v) is 7.89. The van der Waals surface area contributed by atoms with Gasteiger partial charge in [0.25, 0.3) is 0 Å². The summed E-state index contributed by atoms with van der Waals surface area (Å²) in [5, 5.41) is 2.95. The summed E-state index contributed by atoms with van der Waals surface area (Å²) in [5.74, 6) is 0. The maximum Gasteiger partial charge on any atom is 0.218 e. The largest absolute Gasteiger partial charge is 0.315 e. The molecule has 0 radical (unpaired) electrons. The van der Waals surface area contributed by atoms with E-state index in [9.17, 15) is 8.42 Å². The fraction of sp³-hybridized carbons (Fsp3) is 1.00. The molecule has 2 fully saturated rings. The van der Waals surface area contributed by atoms with E-state index in [0.29, 0.717) is 19.1 Å². The average molecular weight is 275 g/mol. The van der Waals surface area contributed by atoms with Crippen LogP contribution in [0.4, 0.5) is 0 Å². The third-order valence-electron chi connectivity index (χ3n) is 4.25. The molecule has 6 heteroatoms. The fourth-order valence-electron chi connectivity index (χ4n) is 2.94. The quantitative estimate of drug-likeness (QED) is 0.790. The molecule has 2 unspecified atom stereocenters. The summed E-state index contributed by atoms with van der Waals surface area (Å²) in [4.78, 5) is 2.27. The third kappa shape index (κ3) is 3.04. The van der Waals surface area contributed by atoms with E-state index in [2.05, 4.69) is 17.3 Å². The first-order valence-corrected chi connectivity index (χ1v) is 8.38. The van der Waals surface area contributed by atoms with Crippen molar-refractivity contribution in [3.05, 3.63) is 0 Å². The van der Waals surface area contributed by atoms with E-state index in [1.807, 2.05) is 0 Å². The number of hydrogen-bond donors (Lipinski definition) is 1. The first-order chi connectivity index (χ1) is 8.51. The van der Waals surface area contributed by atoms with Gasteiger partial charge in [-0.15, -0.1) is 0 Å². The molecule has 0 aliphatic carbocycles. The van der Waals surface area contributed by atoms with Crippen molar-refractivity contribution in [2.75, 3.05) is 40.3 Å². The Morgan fingerprint density at radius 2 is 2.11 bits per heavy atom. The van der Waals surface area contributed by atoms with Gasteiger partial charge in [-0.25, -0.2) is 12.7 Å². The molecule has 0 aromatic carbocycles. The standard InChI is InChI=1S/C12H25N3O2S/c1-14-8-4-5-11(14)10-15(2)18(16,17)12-6-3-7-13-9-12/h11-13H,3-10H2,1-2H3. The summed E-state index contributed by atoms with van der Waals surface area (Å²) in [6, 6.07) is 0.390. The molecule has 1 N–H and O–H groups in total. The summed E-state index contributed by atoms with van der Waals surface area (Å²) >= 11 is 0. The molecule has 0 amide bonds. The lowest BCUT2D eigenvalue weighted by Gasteiger charge is -2.30. The number of likely N-dealkylation sites (tertiary alicyclic amines) is 1. The van der Waals surface area contributed by atoms with Crippen LogP contribution in [0, 0.1) is 0 Å². The smallest absolute Gasteiger partial charge is 0.218 e. The van der Waals surface area contributed by atoms with Crippen molar-refractivity contribution in [2.24, 2.45) is 0 Å². The molecule has 2 aliphatic heterocycles. The van der Waals surface area contributed by atoms with E-state index in [0.717, 1.165) is 32.4 Å². The van der Waals surface area contributed by atoms with E-state index < -0.39 is 10.0 Å². The Labute approximate surface area is 111 Å². The molecule has 2 heterocycles. The summed E-state index contributed by atoms with van der Waals surface area (Å²) in [6.45, 7) is 3.27. The van der Waals surface area contributed by atoms with Crippen LogP contribution >= 0.6 is 0 Å². The zero-order chi connectivity index (χ0) is 13.2. The van der Waals surface area contributed by atoms with E-state index in [1.165, 1.54) is 6.42 Å². The lowest BCUT2D eigenvalue weighted by molar-refractivity contribution is 0.269. The minimum Gasteiger partial charge on any atom is -0.315 e. The molecule has 18 heavy (non-hydrogen) atoms. The molecule has 0 saturated carbocycles. The van der Waals surface area contributed by atoms with Crippen LogP contribution in [0.3, 0.4) is 0 Å². The summed E-state index contributed by atoms with van der Waals surface area (Å²) in [5.41, 5.74) is 0. The van der Waals surface area contributed by atoms with Crippen molar-refractivity contribution >= 4 is 10.0 Å². The van der Waals surface area contributed by atoms with Crippen molar-refractivity contribution in [2.45, 2.75) is 37.0 Å². The molecule has 0 spiro atoms. The summed E-state index contributed by atoms with van der Waals surface area (Å²) in [6.07, 6.45) is 4.04. The van der Waals surface area contributed by atoms with Crippen LogP contribution in [0.5, 0.6) is 0 Å². The number of likely N-dealkylation sites (N-methyl/N-ethyl adjacent to an activating group) is 2. The molecule has 106 valence electrons. The summed E-state index contributed by atoms with van der Waals surface area (Å²) < 4.78 is 26.5. The lowest BCUT2D eigenvalue weighted by Crippen LogP contribution is -2.48. The van der Waals surface area contributed by atoms with Gasteiger partial charge in [-0.1, -0.05) is 0 Å². The Balaban J connectivity index is 1.95. The zero-order valence-electron chi connectivity index (χ0n) is 11.4. The number of sulfonamides is 1. The number of nitrogens with zero attached hydrogens (tertiary/aromatic N) is 2. The maximum absolute atomic E-state index is 12.4. The average Bonchev–Trinajstić information content (AvgIpc) is 2.76. The van der Waals surface area contributed by atoms with Gasteiger partial charge in [-0.2, -0.15) is 0 Å². The van der Waals surface area contributed by atoms with Gasteiger partial charge >= 0.3 is 0 Å². The Morgan fingerprint density at radius 1 is 1.33 bits per heavy atom. The van der Waals surface area contributed by atoms with Crippen molar-refractivity contribution in [1.82, 2.24) is 14.5 Å². The van der Waals surface area contributed by atoms with Gasteiger partial charge in [0.2, 0.25) is 10.0 Å². The van der Waals surface area contributed by atoms with Gasteiger partial charge in [0.05, 0.1) is 5.25 Å². The molecule has 2 atom stereocenters. The maximum atomic E-state index is 12.4. The second kappa shape index (κ2) is 5.86. The van der Waals surface area contributed by atoms with Crippen LogP contribution in [0.1, 0.15) is 25.7 Å². The Hall–Kier alpha value is -0.170. The van der Waals surface area contributed by atoms with Crippen LogP contribution in [0.25, 0.3) is 0 Å². The SMILES string of the molecule is CN1CCCC1CN(C)S(=O)(=O)C1CCCNC1. The van der Waals surface area contributed by atoms with Gasteiger partial charge < -0.3 is 10.2 Å². The monoisotopic (exact) mass is 275 g/mol. The molecular formula is C12H25N3O2S. The van der Waals surface area contributed by atoms with Crippen molar-refractivity contribution in [1.29, 1.82) is 0 Å². The Bertz CT molecular complexity index is 366. The first-order valence-electron chi connectivity index (χ1n) is 6.88. The molecule has 2 aliphatic rings. The number of rotatable bonds is 4. The molecular weight excluding hydrogens is 250 g/mol. The normalized spacial score (nSPS) is 31.1. The molecule has 0 aromatic heterocycles. The minimum atomic E-state index is -3.13. The van der Waals surface area contributed by atoms with E-state index in [1.54, 1.807) is 11.4 Å². The topological polar surface area (TPSA) is 52.7 Å². The molecule has 0 bridgehead atoms. The van der Waals surface area contributed by atoms with Gasteiger partial charge in [0.1, 0.15) is 0 Å². The molecule has 2 rings (SSSR count). The van der Waals surface area contributed by atoms with E-state index in [4.69, 9.17) is 0 Å². The van der Waals surface area contributed by atoms with Crippen molar-refractivity contribution < 1.29 is 8.42 Å². The molecule has 5 nitrogen and oxygen atoms in total. The lowest BCUT2D eigenvalue weighted by atomic mass is 10.2. The van der Waals surface area contributed by atoms with Crippen LogP contribution < -0.4 is 5.32 Å². The molecule has 2 saturated heterocycles. The van der Waals surface area contributed by atoms with Crippen LogP contribution in [0.15, 0.2) is 0 Å². The van der Waals surface area contributed by atoms with Crippen molar-refractivity contribution in [3.8, 4) is 0 Å². The summed E-state index contributed by atoms with van der Waals surface area (Å²) in [7, 11) is 0.687. The second-order valence-electron chi connectivity index (χ2n) is 5.57.